The molecule has 1 amide bonds. The number of β-amino-alcohol motifs (C(OH)–C–C–N with tert-alkyl or cyclic N) is 1. The first-order valence-corrected chi connectivity index (χ1v) is 8.10. The van der Waals surface area contributed by atoms with Crippen molar-refractivity contribution < 1.29 is 9.90 Å². The Bertz CT molecular complexity index is 708. The highest BCUT2D eigenvalue weighted by molar-refractivity contribution is 5.94. The van der Waals surface area contributed by atoms with Crippen LogP contribution >= 0.6 is 0 Å². The van der Waals surface area contributed by atoms with Gasteiger partial charge in [-0.1, -0.05) is 12.1 Å². The molecular weight excluding hydrogens is 290 g/mol. The quantitative estimate of drug-likeness (QED) is 0.944. The molecule has 3 rings (SSSR count). The number of aromatic nitrogens is 2. The van der Waals surface area contributed by atoms with E-state index in [2.05, 4.69) is 5.10 Å². The summed E-state index contributed by atoms with van der Waals surface area (Å²) in [7, 11) is 0. The minimum atomic E-state index is -0.398. The van der Waals surface area contributed by atoms with Gasteiger partial charge in [0.1, 0.15) is 0 Å². The second-order valence-corrected chi connectivity index (χ2v) is 6.33. The van der Waals surface area contributed by atoms with Gasteiger partial charge in [-0.05, 0) is 50.5 Å². The molecule has 1 atom stereocenters. The van der Waals surface area contributed by atoms with E-state index in [1.54, 1.807) is 4.90 Å². The summed E-state index contributed by atoms with van der Waals surface area (Å²) >= 11 is 0. The second-order valence-electron chi connectivity index (χ2n) is 6.33. The number of piperidine rings is 1. The molecule has 2 aromatic rings. The van der Waals surface area contributed by atoms with Crippen LogP contribution in [0.3, 0.4) is 0 Å². The maximum Gasteiger partial charge on any atom is 0.253 e. The third-order valence-corrected chi connectivity index (χ3v) is 4.29. The van der Waals surface area contributed by atoms with Crippen LogP contribution in [0, 0.1) is 13.8 Å². The number of benzene rings is 1. The number of carbonyl (C=O) groups is 1. The van der Waals surface area contributed by atoms with E-state index in [1.807, 2.05) is 48.9 Å². The van der Waals surface area contributed by atoms with Gasteiger partial charge in [-0.15, -0.1) is 0 Å². The van der Waals surface area contributed by atoms with Gasteiger partial charge >= 0.3 is 0 Å². The van der Waals surface area contributed by atoms with Crippen molar-refractivity contribution in [2.45, 2.75) is 39.3 Å². The Balaban J connectivity index is 1.76. The number of nitrogens with zero attached hydrogens (tertiary/aromatic N) is 3. The first-order chi connectivity index (χ1) is 11.0. The van der Waals surface area contributed by atoms with Gasteiger partial charge in [0.25, 0.3) is 5.91 Å². The molecule has 0 radical (unpaired) electrons. The highest BCUT2D eigenvalue weighted by atomic mass is 16.3. The van der Waals surface area contributed by atoms with Crippen LogP contribution < -0.4 is 0 Å². The summed E-state index contributed by atoms with van der Waals surface area (Å²) in [5.41, 5.74) is 3.84. The van der Waals surface area contributed by atoms with Gasteiger partial charge in [0.2, 0.25) is 0 Å². The maximum atomic E-state index is 12.6. The van der Waals surface area contributed by atoms with Gasteiger partial charge in [0.15, 0.2) is 0 Å². The van der Waals surface area contributed by atoms with Crippen molar-refractivity contribution in [1.82, 2.24) is 14.7 Å². The SMILES string of the molecule is Cc1cc(C)n(Cc2cccc(C(=O)N3CCCC(O)C3)c2)n1. The molecule has 122 valence electrons. The number of aliphatic hydroxyl groups is 1. The Kier molecular flexibility index (Phi) is 4.48. The fourth-order valence-corrected chi connectivity index (χ4v) is 3.13. The molecule has 1 aliphatic heterocycles. The van der Waals surface area contributed by atoms with Gasteiger partial charge in [-0.3, -0.25) is 9.48 Å². The summed E-state index contributed by atoms with van der Waals surface area (Å²) in [5, 5.41) is 14.2. The van der Waals surface area contributed by atoms with Gasteiger partial charge < -0.3 is 10.0 Å². The van der Waals surface area contributed by atoms with Crippen molar-refractivity contribution in [3.63, 3.8) is 0 Å². The summed E-state index contributed by atoms with van der Waals surface area (Å²) in [5.74, 6) is -0.000956. The summed E-state index contributed by atoms with van der Waals surface area (Å²) < 4.78 is 1.95. The van der Waals surface area contributed by atoms with Crippen LogP contribution in [0.2, 0.25) is 0 Å². The van der Waals surface area contributed by atoms with Gasteiger partial charge in [0.05, 0.1) is 18.3 Å². The van der Waals surface area contributed by atoms with Crippen molar-refractivity contribution in [2.75, 3.05) is 13.1 Å². The van der Waals surface area contributed by atoms with Gasteiger partial charge in [0, 0.05) is 24.3 Å². The van der Waals surface area contributed by atoms with Crippen LogP contribution in [-0.4, -0.2) is 44.9 Å². The van der Waals surface area contributed by atoms with Crippen LogP contribution in [0.5, 0.6) is 0 Å². The lowest BCUT2D eigenvalue weighted by Crippen LogP contribution is -2.42. The third-order valence-electron chi connectivity index (χ3n) is 4.29. The number of carbonyl (C=O) groups excluding carboxylic acids is 1. The van der Waals surface area contributed by atoms with Crippen molar-refractivity contribution in [3.05, 3.63) is 52.8 Å². The lowest BCUT2D eigenvalue weighted by atomic mass is 10.1. The highest BCUT2D eigenvalue weighted by Crippen LogP contribution is 2.16. The molecule has 1 aromatic carbocycles. The van der Waals surface area contributed by atoms with Crippen molar-refractivity contribution >= 4 is 5.91 Å². The zero-order chi connectivity index (χ0) is 16.4. The van der Waals surface area contributed by atoms with E-state index in [1.165, 1.54) is 0 Å². The summed E-state index contributed by atoms with van der Waals surface area (Å²) in [6, 6.07) is 9.74. The number of likely N-dealkylation sites (tertiary alicyclic amines) is 1. The molecule has 5 heteroatoms. The molecule has 0 spiro atoms. The van der Waals surface area contributed by atoms with Crippen molar-refractivity contribution in [1.29, 1.82) is 0 Å². The molecule has 0 saturated carbocycles. The smallest absolute Gasteiger partial charge is 0.253 e. The molecule has 1 fully saturated rings. The lowest BCUT2D eigenvalue weighted by Gasteiger charge is -2.30. The van der Waals surface area contributed by atoms with Crippen LogP contribution in [0.25, 0.3) is 0 Å². The Morgan fingerprint density at radius 1 is 1.35 bits per heavy atom. The molecule has 0 aliphatic carbocycles. The van der Waals surface area contributed by atoms with E-state index in [0.29, 0.717) is 18.7 Å². The van der Waals surface area contributed by atoms with Crippen LogP contribution in [0.1, 0.15) is 40.2 Å². The van der Waals surface area contributed by atoms with Gasteiger partial charge in [-0.25, -0.2) is 0 Å². The zero-order valence-electron chi connectivity index (χ0n) is 13.7. The highest BCUT2D eigenvalue weighted by Gasteiger charge is 2.23. The molecule has 1 aliphatic rings. The molecule has 0 bridgehead atoms. The van der Waals surface area contributed by atoms with Crippen LogP contribution in [-0.2, 0) is 6.54 Å². The van der Waals surface area contributed by atoms with Crippen LogP contribution in [0.4, 0.5) is 0 Å². The van der Waals surface area contributed by atoms with E-state index in [4.69, 9.17) is 0 Å². The fraction of sp³-hybridized carbons (Fsp3) is 0.444. The Morgan fingerprint density at radius 3 is 2.87 bits per heavy atom. The summed E-state index contributed by atoms with van der Waals surface area (Å²) in [4.78, 5) is 14.4. The van der Waals surface area contributed by atoms with Crippen LogP contribution in [0.15, 0.2) is 30.3 Å². The molecule has 1 aromatic heterocycles. The number of amides is 1. The maximum absolute atomic E-state index is 12.6. The number of rotatable bonds is 3. The fourth-order valence-electron chi connectivity index (χ4n) is 3.13. The summed E-state index contributed by atoms with van der Waals surface area (Å²) in [6.45, 7) is 5.82. The Morgan fingerprint density at radius 2 is 2.17 bits per heavy atom. The van der Waals surface area contributed by atoms with Crippen molar-refractivity contribution in [2.24, 2.45) is 0 Å². The number of hydrogen-bond acceptors (Lipinski definition) is 3. The molecule has 5 nitrogen and oxygen atoms in total. The average molecular weight is 313 g/mol. The number of aryl methyl sites for hydroxylation is 2. The minimum Gasteiger partial charge on any atom is -0.391 e. The predicted octanol–water partition coefficient (Wildman–Crippen LogP) is 2.15. The van der Waals surface area contributed by atoms with Gasteiger partial charge in [-0.2, -0.15) is 5.10 Å². The molecule has 1 N–H and O–H groups in total. The van der Waals surface area contributed by atoms with E-state index >= 15 is 0 Å². The monoisotopic (exact) mass is 313 g/mol. The molecule has 23 heavy (non-hydrogen) atoms. The minimum absolute atomic E-state index is 0.000956. The zero-order valence-corrected chi connectivity index (χ0v) is 13.7. The molecule has 1 saturated heterocycles. The molecule has 1 unspecified atom stereocenters. The Hall–Kier alpha value is -2.14. The number of aliphatic hydroxyl groups excluding tert-OH is 1. The van der Waals surface area contributed by atoms with E-state index in [9.17, 15) is 9.90 Å². The lowest BCUT2D eigenvalue weighted by molar-refractivity contribution is 0.0473. The average Bonchev–Trinajstić information content (AvgIpc) is 2.84. The number of hydrogen-bond donors (Lipinski definition) is 1. The second kappa shape index (κ2) is 6.54. The van der Waals surface area contributed by atoms with E-state index in [0.717, 1.165) is 36.3 Å². The first-order valence-electron chi connectivity index (χ1n) is 8.10. The summed E-state index contributed by atoms with van der Waals surface area (Å²) in [6.07, 6.45) is 1.24. The molecular formula is C18H23N3O2. The normalized spacial score (nSPS) is 18.2. The Labute approximate surface area is 136 Å². The third kappa shape index (κ3) is 3.62. The standard InChI is InChI=1S/C18H23N3O2/c1-13-9-14(2)21(19-13)11-15-5-3-6-16(10-15)18(23)20-8-4-7-17(22)12-20/h3,5-6,9-10,17,22H,4,7-8,11-12H2,1-2H3. The first kappa shape index (κ1) is 15.7. The van der Waals surface area contributed by atoms with E-state index in [-0.39, 0.29) is 5.91 Å². The largest absolute Gasteiger partial charge is 0.391 e. The predicted molar refractivity (Wildman–Crippen MR) is 88.4 cm³/mol. The van der Waals surface area contributed by atoms with E-state index < -0.39 is 6.10 Å². The topological polar surface area (TPSA) is 58.4 Å². The molecule has 2 heterocycles. The van der Waals surface area contributed by atoms with Crippen molar-refractivity contribution in [3.8, 4) is 0 Å².